The summed E-state index contributed by atoms with van der Waals surface area (Å²) < 4.78 is 0. The number of hydrogen-bond donors (Lipinski definition) is 0. The molecular weight excluding hydrogens is 601 g/mol. The molecule has 0 aromatic heterocycles. The number of rotatable bonds is 7. The van der Waals surface area contributed by atoms with Crippen molar-refractivity contribution in [1.82, 2.24) is 0 Å². The van der Waals surface area contributed by atoms with Crippen LogP contribution in [-0.4, -0.2) is 0 Å². The van der Waals surface area contributed by atoms with Crippen LogP contribution in [0.25, 0.3) is 82.0 Å². The van der Waals surface area contributed by atoms with Crippen LogP contribution in [0.4, 0.5) is 0 Å². The van der Waals surface area contributed by atoms with Crippen molar-refractivity contribution in [3.05, 3.63) is 200 Å². The minimum Gasteiger partial charge on any atom is -0.0952 e. The molecule has 0 aliphatic heterocycles. The summed E-state index contributed by atoms with van der Waals surface area (Å²) in [5.41, 5.74) is 11.1. The lowest BCUT2D eigenvalue weighted by molar-refractivity contribution is 1.02. The topological polar surface area (TPSA) is 0 Å². The Morgan fingerprint density at radius 2 is 0.840 bits per heavy atom. The molecule has 9 aromatic rings. The van der Waals surface area contributed by atoms with Gasteiger partial charge in [0.05, 0.1) is 0 Å². The SMILES string of the molecule is C=C(CCc1ccccc1)c1c2ccccc2c(-c2cccc(-c3cccc(-c4ccc5ccc6ccccc6c5c4)c3)c2)c2ccccc12. The van der Waals surface area contributed by atoms with Crippen LogP contribution in [-0.2, 0) is 6.42 Å². The average molecular weight is 637 g/mol. The van der Waals surface area contributed by atoms with E-state index in [2.05, 4.69) is 189 Å². The van der Waals surface area contributed by atoms with Gasteiger partial charge in [-0.3, -0.25) is 0 Å². The van der Waals surface area contributed by atoms with Gasteiger partial charge in [-0.15, -0.1) is 0 Å². The summed E-state index contributed by atoms with van der Waals surface area (Å²) in [4.78, 5) is 0. The standard InChI is InChI=1S/C50H36/c1-34(25-26-35-13-3-2-4-14-35)49-44-21-7-9-23-46(44)50(47-24-10-8-22-45(47)49)42-19-12-18-40(32-42)38-16-11-17-39(31-38)41-30-29-37-28-27-36-15-5-6-20-43(36)48(37)33-41/h2-24,27-33H,1,25-26H2. The molecule has 0 heterocycles. The van der Waals surface area contributed by atoms with Crippen molar-refractivity contribution in [2.24, 2.45) is 0 Å². The van der Waals surface area contributed by atoms with E-state index in [9.17, 15) is 0 Å². The van der Waals surface area contributed by atoms with Gasteiger partial charge in [-0.2, -0.15) is 0 Å². The zero-order valence-corrected chi connectivity index (χ0v) is 27.9. The second kappa shape index (κ2) is 12.7. The highest BCUT2D eigenvalue weighted by Crippen LogP contribution is 2.43. The van der Waals surface area contributed by atoms with E-state index in [4.69, 9.17) is 0 Å². The molecule has 0 aliphatic carbocycles. The van der Waals surface area contributed by atoms with Gasteiger partial charge in [0.2, 0.25) is 0 Å². The zero-order chi connectivity index (χ0) is 33.4. The van der Waals surface area contributed by atoms with Crippen LogP contribution < -0.4 is 0 Å². The fraction of sp³-hybridized carbons (Fsp3) is 0.0400. The van der Waals surface area contributed by atoms with Gasteiger partial charge in [-0.25, -0.2) is 0 Å². The first kappa shape index (κ1) is 29.9. The molecule has 0 saturated heterocycles. The summed E-state index contributed by atoms with van der Waals surface area (Å²) in [5, 5.41) is 10.2. The summed E-state index contributed by atoms with van der Waals surface area (Å²) in [7, 11) is 0. The molecule has 0 atom stereocenters. The van der Waals surface area contributed by atoms with Crippen molar-refractivity contribution in [2.45, 2.75) is 12.8 Å². The van der Waals surface area contributed by atoms with Crippen molar-refractivity contribution in [2.75, 3.05) is 0 Å². The molecule has 0 saturated carbocycles. The monoisotopic (exact) mass is 636 g/mol. The fourth-order valence-corrected chi connectivity index (χ4v) is 7.80. The third-order valence-electron chi connectivity index (χ3n) is 10.3. The number of aryl methyl sites for hydroxylation is 1. The van der Waals surface area contributed by atoms with Gasteiger partial charge in [0.15, 0.2) is 0 Å². The first-order chi connectivity index (χ1) is 24.7. The van der Waals surface area contributed by atoms with Crippen molar-refractivity contribution < 1.29 is 0 Å². The molecule has 0 aliphatic rings. The summed E-state index contributed by atoms with van der Waals surface area (Å²) >= 11 is 0. The predicted molar refractivity (Wildman–Crippen MR) is 217 cm³/mol. The molecule has 0 radical (unpaired) electrons. The number of benzene rings is 9. The van der Waals surface area contributed by atoms with E-state index in [1.165, 1.54) is 93.2 Å². The van der Waals surface area contributed by atoms with E-state index in [-0.39, 0.29) is 0 Å². The van der Waals surface area contributed by atoms with Gasteiger partial charge in [-0.1, -0.05) is 170 Å². The molecule has 0 bridgehead atoms. The Morgan fingerprint density at radius 3 is 1.50 bits per heavy atom. The van der Waals surface area contributed by atoms with Crippen LogP contribution in [0.1, 0.15) is 17.5 Å². The van der Waals surface area contributed by atoms with Gasteiger partial charge >= 0.3 is 0 Å². The molecular formula is C50H36. The van der Waals surface area contributed by atoms with Crippen LogP contribution in [0.5, 0.6) is 0 Å². The van der Waals surface area contributed by atoms with E-state index in [1.54, 1.807) is 0 Å². The second-order valence-electron chi connectivity index (χ2n) is 13.3. The van der Waals surface area contributed by atoms with Gasteiger partial charge in [0.25, 0.3) is 0 Å². The molecule has 0 unspecified atom stereocenters. The first-order valence-electron chi connectivity index (χ1n) is 17.5. The highest BCUT2D eigenvalue weighted by Gasteiger charge is 2.17. The largest absolute Gasteiger partial charge is 0.0952 e. The van der Waals surface area contributed by atoms with E-state index in [0.29, 0.717) is 0 Å². The van der Waals surface area contributed by atoms with E-state index in [0.717, 1.165) is 12.8 Å². The molecule has 0 fully saturated rings. The molecule has 0 spiro atoms. The van der Waals surface area contributed by atoms with Gasteiger partial charge in [0.1, 0.15) is 0 Å². The van der Waals surface area contributed by atoms with Crippen molar-refractivity contribution in [1.29, 1.82) is 0 Å². The molecule has 236 valence electrons. The summed E-state index contributed by atoms with van der Waals surface area (Å²) in [5.74, 6) is 0. The molecule has 0 heteroatoms. The minimum absolute atomic E-state index is 0.913. The second-order valence-corrected chi connectivity index (χ2v) is 13.3. The van der Waals surface area contributed by atoms with Gasteiger partial charge in [0, 0.05) is 0 Å². The Hall–Kier alpha value is -6.24. The van der Waals surface area contributed by atoms with Crippen LogP contribution in [0, 0.1) is 0 Å². The predicted octanol–water partition coefficient (Wildman–Crippen LogP) is 13.9. The van der Waals surface area contributed by atoms with Crippen molar-refractivity contribution in [3.8, 4) is 33.4 Å². The summed E-state index contributed by atoms with van der Waals surface area (Å²) in [6, 6.07) is 66.5. The summed E-state index contributed by atoms with van der Waals surface area (Å²) in [6.07, 6.45) is 1.89. The van der Waals surface area contributed by atoms with Crippen molar-refractivity contribution >= 4 is 48.7 Å². The maximum Gasteiger partial charge on any atom is -0.00262 e. The molecule has 0 amide bonds. The lowest BCUT2D eigenvalue weighted by Crippen LogP contribution is -1.95. The number of allylic oxidation sites excluding steroid dienone is 1. The lowest BCUT2D eigenvalue weighted by atomic mass is 9.84. The maximum atomic E-state index is 4.66. The number of hydrogen-bond acceptors (Lipinski definition) is 0. The van der Waals surface area contributed by atoms with Crippen LogP contribution in [0.15, 0.2) is 189 Å². The zero-order valence-electron chi connectivity index (χ0n) is 27.9. The van der Waals surface area contributed by atoms with Crippen LogP contribution in [0.3, 0.4) is 0 Å². The lowest BCUT2D eigenvalue weighted by Gasteiger charge is -2.19. The first-order valence-corrected chi connectivity index (χ1v) is 17.5. The molecule has 9 aromatic carbocycles. The quantitative estimate of drug-likeness (QED) is 0.121. The Balaban J connectivity index is 1.14. The summed E-state index contributed by atoms with van der Waals surface area (Å²) in [6.45, 7) is 4.66. The Kier molecular flexibility index (Phi) is 7.56. The molecule has 9 rings (SSSR count). The maximum absolute atomic E-state index is 4.66. The molecule has 50 heavy (non-hydrogen) atoms. The van der Waals surface area contributed by atoms with E-state index in [1.807, 2.05) is 0 Å². The Labute approximate surface area is 293 Å². The van der Waals surface area contributed by atoms with Crippen LogP contribution >= 0.6 is 0 Å². The normalized spacial score (nSPS) is 11.4. The van der Waals surface area contributed by atoms with Crippen molar-refractivity contribution in [3.63, 3.8) is 0 Å². The molecule has 0 N–H and O–H groups in total. The average Bonchev–Trinajstić information content (AvgIpc) is 3.19. The van der Waals surface area contributed by atoms with Crippen LogP contribution in [0.2, 0.25) is 0 Å². The van der Waals surface area contributed by atoms with E-state index >= 15 is 0 Å². The third-order valence-corrected chi connectivity index (χ3v) is 10.3. The minimum atomic E-state index is 0.913. The molecule has 0 nitrogen and oxygen atoms in total. The smallest absolute Gasteiger partial charge is 0.00262 e. The highest BCUT2D eigenvalue weighted by molar-refractivity contribution is 6.18. The number of fused-ring (bicyclic) bond motifs is 5. The third kappa shape index (κ3) is 5.36. The van der Waals surface area contributed by atoms with Gasteiger partial charge < -0.3 is 0 Å². The fourth-order valence-electron chi connectivity index (χ4n) is 7.80. The van der Waals surface area contributed by atoms with Gasteiger partial charge in [-0.05, 0) is 124 Å². The Bertz CT molecular complexity index is 2660. The highest BCUT2D eigenvalue weighted by atomic mass is 14.2. The Morgan fingerprint density at radius 1 is 0.360 bits per heavy atom. The van der Waals surface area contributed by atoms with E-state index < -0.39 is 0 Å².